The lowest BCUT2D eigenvalue weighted by Gasteiger charge is -2.20. The van der Waals surface area contributed by atoms with Crippen LogP contribution >= 0.6 is 0 Å². The Hall–Kier alpha value is -4.72. The second-order valence-corrected chi connectivity index (χ2v) is 8.63. The smallest absolute Gasteiger partial charge is 0.160 e. The molecule has 2 heterocycles. The number of para-hydroxylation sites is 2. The summed E-state index contributed by atoms with van der Waals surface area (Å²) < 4.78 is 8.90. The largest absolute Gasteiger partial charge is 0.504 e. The van der Waals surface area contributed by atoms with Crippen LogP contribution in [0.4, 0.5) is 11.6 Å². The molecule has 0 atom stereocenters. The fourth-order valence-corrected chi connectivity index (χ4v) is 4.71. The fourth-order valence-electron chi connectivity index (χ4n) is 4.71. The number of nitrogens with zero attached hydrogens (tertiary/aromatic N) is 4. The highest BCUT2D eigenvalue weighted by atomic mass is 16.5. The van der Waals surface area contributed by atoms with Crippen LogP contribution in [0.1, 0.15) is 34.0 Å². The molecule has 0 amide bonds. The van der Waals surface area contributed by atoms with E-state index in [1.807, 2.05) is 80.6 Å². The number of ether oxygens (including phenoxy) is 1. The number of aryl methyl sites for hydroxylation is 2. The first-order chi connectivity index (χ1) is 17.4. The van der Waals surface area contributed by atoms with Crippen LogP contribution in [0.25, 0.3) is 11.4 Å². The van der Waals surface area contributed by atoms with Crippen molar-refractivity contribution >= 4 is 11.6 Å². The maximum absolute atomic E-state index is 10.3. The highest BCUT2D eigenvalue weighted by molar-refractivity contribution is 5.64. The highest BCUT2D eigenvalue weighted by Crippen LogP contribution is 2.44. The SMILES string of the molecule is COc1cc(C(c2c(C)nn(-c3ccccc3)c2N)c2c(C)nn(-c3ccccc3)c2N)ccc1O. The first-order valence-corrected chi connectivity index (χ1v) is 11.6. The second-order valence-electron chi connectivity index (χ2n) is 8.63. The van der Waals surface area contributed by atoms with Gasteiger partial charge in [-0.2, -0.15) is 10.2 Å². The Morgan fingerprint density at radius 1 is 0.750 bits per heavy atom. The standard InChI is InChI=1S/C28H28N6O2/c1-17-24(27(29)33(31-17)20-10-6-4-7-11-20)26(19-14-15-22(35)23(16-19)36-3)25-18(2)32-34(28(25)30)21-12-8-5-9-13-21/h4-16,26,35H,29-30H2,1-3H3. The summed E-state index contributed by atoms with van der Waals surface area (Å²) in [5.74, 6) is 1.00. The Bertz CT molecular complexity index is 1430. The zero-order valence-electron chi connectivity index (χ0n) is 20.4. The van der Waals surface area contributed by atoms with Crippen LogP contribution in [-0.2, 0) is 0 Å². The average molecular weight is 481 g/mol. The predicted molar refractivity (Wildman–Crippen MR) is 141 cm³/mol. The molecule has 0 aliphatic carbocycles. The summed E-state index contributed by atoms with van der Waals surface area (Å²) in [7, 11) is 1.52. The molecule has 0 aliphatic rings. The monoisotopic (exact) mass is 480 g/mol. The van der Waals surface area contributed by atoms with Crippen LogP contribution in [0, 0.1) is 13.8 Å². The summed E-state index contributed by atoms with van der Waals surface area (Å²) in [4.78, 5) is 0. The molecular formula is C28H28N6O2. The van der Waals surface area contributed by atoms with Crippen molar-refractivity contribution in [2.75, 3.05) is 18.6 Å². The zero-order chi connectivity index (χ0) is 25.4. The number of aromatic hydroxyl groups is 1. The zero-order valence-corrected chi connectivity index (χ0v) is 20.4. The Morgan fingerprint density at radius 3 is 1.67 bits per heavy atom. The van der Waals surface area contributed by atoms with E-state index in [0.29, 0.717) is 17.4 Å². The number of nitrogens with two attached hydrogens (primary N) is 2. The maximum Gasteiger partial charge on any atom is 0.160 e. The van der Waals surface area contributed by atoms with Crippen molar-refractivity contribution in [2.45, 2.75) is 19.8 Å². The van der Waals surface area contributed by atoms with Crippen molar-refractivity contribution in [3.8, 4) is 22.9 Å². The van der Waals surface area contributed by atoms with E-state index in [4.69, 9.17) is 26.4 Å². The highest BCUT2D eigenvalue weighted by Gasteiger charge is 2.31. The quantitative estimate of drug-likeness (QED) is 0.323. The molecule has 0 bridgehead atoms. The lowest BCUT2D eigenvalue weighted by molar-refractivity contribution is 0.373. The molecule has 5 N–H and O–H groups in total. The van der Waals surface area contributed by atoms with Crippen LogP contribution in [0.2, 0.25) is 0 Å². The minimum absolute atomic E-state index is 0.0503. The molecule has 36 heavy (non-hydrogen) atoms. The molecule has 182 valence electrons. The molecular weight excluding hydrogens is 452 g/mol. The molecule has 0 spiro atoms. The Balaban J connectivity index is 1.77. The van der Waals surface area contributed by atoms with E-state index in [2.05, 4.69) is 0 Å². The summed E-state index contributed by atoms with van der Waals surface area (Å²) >= 11 is 0. The minimum atomic E-state index is -0.408. The number of methoxy groups -OCH3 is 1. The molecule has 3 aromatic carbocycles. The van der Waals surface area contributed by atoms with Gasteiger partial charge in [-0.25, -0.2) is 9.36 Å². The van der Waals surface area contributed by atoms with Gasteiger partial charge in [0.15, 0.2) is 11.5 Å². The van der Waals surface area contributed by atoms with Crippen molar-refractivity contribution in [1.29, 1.82) is 0 Å². The number of phenolic OH excluding ortho intramolecular Hbond substituents is 1. The molecule has 5 rings (SSSR count). The third-order valence-electron chi connectivity index (χ3n) is 6.40. The average Bonchev–Trinajstić information content (AvgIpc) is 3.36. The van der Waals surface area contributed by atoms with Gasteiger partial charge in [-0.05, 0) is 55.8 Å². The van der Waals surface area contributed by atoms with Crippen LogP contribution < -0.4 is 16.2 Å². The van der Waals surface area contributed by atoms with Crippen LogP contribution in [0.15, 0.2) is 78.9 Å². The number of rotatable bonds is 6. The number of anilines is 2. The van der Waals surface area contributed by atoms with Gasteiger partial charge in [-0.1, -0.05) is 42.5 Å². The van der Waals surface area contributed by atoms with Crippen LogP contribution in [0.5, 0.6) is 11.5 Å². The third-order valence-corrected chi connectivity index (χ3v) is 6.40. The molecule has 0 aliphatic heterocycles. The Kier molecular flexibility index (Phi) is 5.85. The van der Waals surface area contributed by atoms with Gasteiger partial charge in [-0.15, -0.1) is 0 Å². The first kappa shape index (κ1) is 23.0. The van der Waals surface area contributed by atoms with E-state index >= 15 is 0 Å². The van der Waals surface area contributed by atoms with Crippen molar-refractivity contribution in [1.82, 2.24) is 19.6 Å². The molecule has 0 unspecified atom stereocenters. The third kappa shape index (κ3) is 3.82. The van der Waals surface area contributed by atoms with E-state index in [-0.39, 0.29) is 5.75 Å². The van der Waals surface area contributed by atoms with Gasteiger partial charge in [0.1, 0.15) is 11.6 Å². The van der Waals surface area contributed by atoms with Gasteiger partial charge in [0.2, 0.25) is 0 Å². The lowest BCUT2D eigenvalue weighted by atomic mass is 9.84. The molecule has 5 aromatic rings. The lowest BCUT2D eigenvalue weighted by Crippen LogP contribution is -2.11. The van der Waals surface area contributed by atoms with Gasteiger partial charge in [-0.3, -0.25) is 0 Å². The number of nitrogen functional groups attached to an aromatic ring is 2. The Labute approximate surface area is 209 Å². The topological polar surface area (TPSA) is 117 Å². The van der Waals surface area contributed by atoms with E-state index < -0.39 is 5.92 Å². The van der Waals surface area contributed by atoms with E-state index in [9.17, 15) is 5.11 Å². The summed E-state index contributed by atoms with van der Waals surface area (Å²) in [6, 6.07) is 24.8. The second kappa shape index (κ2) is 9.14. The molecule has 0 saturated heterocycles. The van der Waals surface area contributed by atoms with Gasteiger partial charge < -0.3 is 21.3 Å². The number of benzene rings is 3. The molecule has 2 aromatic heterocycles. The minimum Gasteiger partial charge on any atom is -0.504 e. The number of hydrogen-bond acceptors (Lipinski definition) is 6. The first-order valence-electron chi connectivity index (χ1n) is 11.6. The number of aromatic nitrogens is 4. The van der Waals surface area contributed by atoms with Crippen molar-refractivity contribution in [2.24, 2.45) is 0 Å². The molecule has 8 nitrogen and oxygen atoms in total. The number of hydrogen-bond donors (Lipinski definition) is 3. The maximum atomic E-state index is 10.3. The summed E-state index contributed by atoms with van der Waals surface area (Å²) in [5, 5.41) is 19.8. The summed E-state index contributed by atoms with van der Waals surface area (Å²) in [6.07, 6.45) is 0. The predicted octanol–water partition coefficient (Wildman–Crippen LogP) is 4.73. The van der Waals surface area contributed by atoms with Gasteiger partial charge in [0, 0.05) is 17.0 Å². The molecule has 8 heteroatoms. The number of phenols is 1. The summed E-state index contributed by atoms with van der Waals surface area (Å²) in [6.45, 7) is 3.87. The van der Waals surface area contributed by atoms with Crippen LogP contribution in [-0.4, -0.2) is 31.8 Å². The van der Waals surface area contributed by atoms with Gasteiger partial charge in [0.05, 0.1) is 29.9 Å². The Morgan fingerprint density at radius 2 is 1.22 bits per heavy atom. The fraction of sp³-hybridized carbons (Fsp3) is 0.143. The van der Waals surface area contributed by atoms with E-state index in [1.54, 1.807) is 21.5 Å². The van der Waals surface area contributed by atoms with E-state index in [1.165, 1.54) is 7.11 Å². The molecule has 0 radical (unpaired) electrons. The van der Waals surface area contributed by atoms with Crippen molar-refractivity contribution in [3.05, 3.63) is 107 Å². The normalized spacial score (nSPS) is 11.2. The van der Waals surface area contributed by atoms with Crippen molar-refractivity contribution in [3.63, 3.8) is 0 Å². The molecule has 0 saturated carbocycles. The molecule has 0 fully saturated rings. The van der Waals surface area contributed by atoms with E-state index in [0.717, 1.165) is 39.5 Å². The van der Waals surface area contributed by atoms with Crippen LogP contribution in [0.3, 0.4) is 0 Å². The van der Waals surface area contributed by atoms with Gasteiger partial charge >= 0.3 is 0 Å². The van der Waals surface area contributed by atoms with Crippen molar-refractivity contribution < 1.29 is 9.84 Å². The summed E-state index contributed by atoms with van der Waals surface area (Å²) in [5.41, 5.74) is 19.3. The van der Waals surface area contributed by atoms with Gasteiger partial charge in [0.25, 0.3) is 0 Å².